The van der Waals surface area contributed by atoms with E-state index < -0.39 is 5.91 Å². The summed E-state index contributed by atoms with van der Waals surface area (Å²) in [7, 11) is 0. The van der Waals surface area contributed by atoms with Gasteiger partial charge in [-0.1, -0.05) is 5.92 Å². The van der Waals surface area contributed by atoms with Gasteiger partial charge in [0.1, 0.15) is 24.0 Å². The number of nitriles is 1. The van der Waals surface area contributed by atoms with Crippen LogP contribution in [0.1, 0.15) is 19.4 Å². The number of nitrogens with zero attached hydrogens (tertiary/aromatic N) is 1. The van der Waals surface area contributed by atoms with Gasteiger partial charge in [-0.2, -0.15) is 5.26 Å². The number of benzene rings is 2. The third-order valence-electron chi connectivity index (χ3n) is 3.73. The maximum absolute atomic E-state index is 12.5. The lowest BCUT2D eigenvalue weighted by Gasteiger charge is -2.13. The van der Waals surface area contributed by atoms with Crippen LogP contribution in [0.5, 0.6) is 17.2 Å². The summed E-state index contributed by atoms with van der Waals surface area (Å²) in [5, 5.41) is 12.2. The Morgan fingerprint density at radius 1 is 1.17 bits per heavy atom. The Labute approximate surface area is 190 Å². The number of anilines is 1. The number of carbonyl (C=O) groups is 1. The molecule has 0 saturated heterocycles. The highest BCUT2D eigenvalue weighted by Gasteiger charge is 2.14. The molecule has 0 aliphatic rings. The third-order valence-corrected chi connectivity index (χ3v) is 4.53. The smallest absolute Gasteiger partial charge is 0.266 e. The molecule has 0 aliphatic carbocycles. The van der Waals surface area contributed by atoms with E-state index in [9.17, 15) is 10.1 Å². The number of carbonyl (C=O) groups excluding carboxylic acids is 1. The van der Waals surface area contributed by atoms with Crippen LogP contribution in [0.2, 0.25) is 0 Å². The van der Waals surface area contributed by atoms with Crippen LogP contribution in [0, 0.1) is 27.2 Å². The fraction of sp³-hybridized carbons (Fsp3) is 0.217. The predicted octanol–water partition coefficient (Wildman–Crippen LogP) is 4.65. The molecule has 2 aromatic rings. The highest BCUT2D eigenvalue weighted by molar-refractivity contribution is 14.1. The lowest BCUT2D eigenvalue weighted by atomic mass is 10.1. The summed E-state index contributed by atoms with van der Waals surface area (Å²) in [6.45, 7) is 4.84. The molecule has 6 nitrogen and oxygen atoms in total. The second-order valence-electron chi connectivity index (χ2n) is 5.84. The topological polar surface area (TPSA) is 80.6 Å². The van der Waals surface area contributed by atoms with Crippen molar-refractivity contribution in [3.05, 3.63) is 51.1 Å². The zero-order valence-electron chi connectivity index (χ0n) is 16.7. The first-order chi connectivity index (χ1) is 14.5. The van der Waals surface area contributed by atoms with Gasteiger partial charge in [0.05, 0.1) is 16.8 Å². The first-order valence-electron chi connectivity index (χ1n) is 9.20. The van der Waals surface area contributed by atoms with E-state index in [-0.39, 0.29) is 12.2 Å². The van der Waals surface area contributed by atoms with Gasteiger partial charge in [-0.05, 0) is 84.5 Å². The molecule has 1 amide bonds. The molecule has 0 spiro atoms. The summed E-state index contributed by atoms with van der Waals surface area (Å²) in [5.74, 6) is 3.64. The van der Waals surface area contributed by atoms with E-state index in [0.29, 0.717) is 41.7 Å². The zero-order valence-corrected chi connectivity index (χ0v) is 18.9. The molecule has 0 fully saturated rings. The van der Waals surface area contributed by atoms with Crippen LogP contribution in [0.15, 0.2) is 42.0 Å². The number of nitrogens with one attached hydrogen (secondary N) is 1. The number of hydrogen-bond donors (Lipinski definition) is 1. The van der Waals surface area contributed by atoms with Crippen LogP contribution < -0.4 is 19.5 Å². The van der Waals surface area contributed by atoms with Gasteiger partial charge < -0.3 is 19.5 Å². The number of amides is 1. The van der Waals surface area contributed by atoms with Crippen molar-refractivity contribution in [3.63, 3.8) is 0 Å². The molecule has 7 heteroatoms. The molecule has 0 unspecified atom stereocenters. The van der Waals surface area contributed by atoms with Crippen molar-refractivity contribution in [3.8, 4) is 35.7 Å². The lowest BCUT2D eigenvalue weighted by molar-refractivity contribution is -0.112. The molecular weight excluding hydrogens is 495 g/mol. The minimum atomic E-state index is -0.512. The molecular formula is C23H21IN2O4. The van der Waals surface area contributed by atoms with Crippen LogP contribution >= 0.6 is 22.6 Å². The molecule has 0 radical (unpaired) electrons. The van der Waals surface area contributed by atoms with Gasteiger partial charge in [0, 0.05) is 5.69 Å². The van der Waals surface area contributed by atoms with Gasteiger partial charge in [0.15, 0.2) is 11.5 Å². The van der Waals surface area contributed by atoms with Crippen molar-refractivity contribution in [1.29, 1.82) is 5.26 Å². The SMILES string of the molecule is C#CCOc1c(I)cc(/C=C(\C#N)C(=O)Nc2ccc(OCC)cc2)cc1OCC. The second-order valence-corrected chi connectivity index (χ2v) is 7.00. The van der Waals surface area contributed by atoms with Gasteiger partial charge in [-0.15, -0.1) is 6.42 Å². The minimum absolute atomic E-state index is 0.0422. The van der Waals surface area contributed by atoms with Gasteiger partial charge in [-0.25, -0.2) is 0 Å². The highest BCUT2D eigenvalue weighted by atomic mass is 127. The van der Waals surface area contributed by atoms with Crippen molar-refractivity contribution in [1.82, 2.24) is 0 Å². The lowest BCUT2D eigenvalue weighted by Crippen LogP contribution is -2.13. The summed E-state index contributed by atoms with van der Waals surface area (Å²) in [5.41, 5.74) is 1.15. The molecule has 0 saturated carbocycles. The van der Waals surface area contributed by atoms with Crippen molar-refractivity contribution >= 4 is 40.3 Å². The number of ether oxygens (including phenoxy) is 3. The average molecular weight is 516 g/mol. The van der Waals surface area contributed by atoms with Crippen molar-refractivity contribution in [2.45, 2.75) is 13.8 Å². The van der Waals surface area contributed by atoms with E-state index in [0.717, 1.165) is 3.57 Å². The van der Waals surface area contributed by atoms with Gasteiger partial charge in [-0.3, -0.25) is 4.79 Å². The minimum Gasteiger partial charge on any atom is -0.494 e. The van der Waals surface area contributed by atoms with Gasteiger partial charge in [0.25, 0.3) is 5.91 Å². The zero-order chi connectivity index (χ0) is 21.9. The van der Waals surface area contributed by atoms with E-state index in [1.165, 1.54) is 6.08 Å². The highest BCUT2D eigenvalue weighted by Crippen LogP contribution is 2.35. The van der Waals surface area contributed by atoms with E-state index in [1.54, 1.807) is 36.4 Å². The van der Waals surface area contributed by atoms with Crippen molar-refractivity contribution < 1.29 is 19.0 Å². The quantitative estimate of drug-likeness (QED) is 0.227. The fourth-order valence-electron chi connectivity index (χ4n) is 2.50. The standard InChI is InChI=1S/C23H21IN2O4/c1-4-11-30-22-20(24)13-16(14-21(22)29-6-3)12-17(15-25)23(27)26-18-7-9-19(10-8-18)28-5-2/h1,7-10,12-14H,5-6,11H2,2-3H3,(H,26,27)/b17-12+. The van der Waals surface area contributed by atoms with E-state index in [1.807, 2.05) is 19.9 Å². The number of hydrogen-bond acceptors (Lipinski definition) is 5. The van der Waals surface area contributed by atoms with Crippen LogP contribution in [-0.4, -0.2) is 25.7 Å². The number of rotatable bonds is 9. The molecule has 0 bridgehead atoms. The summed E-state index contributed by atoms with van der Waals surface area (Å²) in [6.07, 6.45) is 6.77. The van der Waals surface area contributed by atoms with Crippen LogP contribution in [-0.2, 0) is 4.79 Å². The van der Waals surface area contributed by atoms with Crippen LogP contribution in [0.25, 0.3) is 6.08 Å². The maximum Gasteiger partial charge on any atom is 0.266 e. The van der Waals surface area contributed by atoms with Crippen molar-refractivity contribution in [2.24, 2.45) is 0 Å². The molecule has 2 rings (SSSR count). The summed E-state index contributed by atoms with van der Waals surface area (Å²) >= 11 is 2.10. The summed E-state index contributed by atoms with van der Waals surface area (Å²) in [6, 6.07) is 12.4. The van der Waals surface area contributed by atoms with E-state index in [4.69, 9.17) is 20.6 Å². The van der Waals surface area contributed by atoms with Crippen LogP contribution in [0.3, 0.4) is 0 Å². The third kappa shape index (κ3) is 6.43. The monoisotopic (exact) mass is 516 g/mol. The van der Waals surface area contributed by atoms with Crippen molar-refractivity contribution in [2.75, 3.05) is 25.1 Å². The maximum atomic E-state index is 12.5. The number of halogens is 1. The molecule has 1 N–H and O–H groups in total. The van der Waals surface area contributed by atoms with E-state index in [2.05, 4.69) is 33.8 Å². The first-order valence-corrected chi connectivity index (χ1v) is 10.3. The molecule has 0 heterocycles. The Kier molecular flexibility index (Phi) is 9.04. The molecule has 0 atom stereocenters. The summed E-state index contributed by atoms with van der Waals surface area (Å²) in [4.78, 5) is 12.5. The Bertz CT molecular complexity index is 1000. The Morgan fingerprint density at radius 2 is 1.87 bits per heavy atom. The molecule has 154 valence electrons. The summed E-state index contributed by atoms with van der Waals surface area (Å²) < 4.78 is 17.3. The van der Waals surface area contributed by atoms with E-state index >= 15 is 0 Å². The molecule has 2 aromatic carbocycles. The Balaban J connectivity index is 2.26. The average Bonchev–Trinajstić information content (AvgIpc) is 2.73. The normalized spacial score (nSPS) is 10.5. The molecule has 0 aliphatic heterocycles. The van der Waals surface area contributed by atoms with Gasteiger partial charge in [0.2, 0.25) is 0 Å². The molecule has 0 aromatic heterocycles. The second kappa shape index (κ2) is 11.7. The predicted molar refractivity (Wildman–Crippen MR) is 124 cm³/mol. The Morgan fingerprint density at radius 3 is 2.47 bits per heavy atom. The largest absolute Gasteiger partial charge is 0.494 e. The molecule has 30 heavy (non-hydrogen) atoms. The fourth-order valence-corrected chi connectivity index (χ4v) is 3.28. The van der Waals surface area contributed by atoms with Gasteiger partial charge >= 0.3 is 0 Å². The first kappa shape index (κ1) is 23.1. The van der Waals surface area contributed by atoms with Crippen LogP contribution in [0.4, 0.5) is 5.69 Å². The number of terminal acetylenes is 1. The Hall–Kier alpha value is -3.17.